The molecule has 2 heterocycles. The van der Waals surface area contributed by atoms with Crippen LogP contribution in [0.25, 0.3) is 0 Å². The minimum Gasteiger partial charge on any atom is -0.326 e. The second-order valence-corrected chi connectivity index (χ2v) is 8.49. The van der Waals surface area contributed by atoms with E-state index in [2.05, 4.69) is 4.72 Å². The Morgan fingerprint density at radius 2 is 2.15 bits per heavy atom. The Labute approximate surface area is 127 Å². The Balaban J connectivity index is 2.20. The summed E-state index contributed by atoms with van der Waals surface area (Å²) in [4.78, 5) is 1.92. The standard InChI is InChI=1S/C13H18N2O2S3/c1-2-4-11(12-5-3-8-18-12)15-20(16,17)13-7-6-10(9-14)19-13/h3,5-8,11,15H,2,4,9,14H2,1H3. The van der Waals surface area contributed by atoms with Crippen molar-refractivity contribution in [3.05, 3.63) is 39.4 Å². The summed E-state index contributed by atoms with van der Waals surface area (Å²) in [7, 11) is -3.48. The number of nitrogens with two attached hydrogens (primary N) is 1. The van der Waals surface area contributed by atoms with Gasteiger partial charge in [-0.25, -0.2) is 13.1 Å². The molecule has 4 nitrogen and oxygen atoms in total. The maximum Gasteiger partial charge on any atom is 0.250 e. The van der Waals surface area contributed by atoms with Crippen molar-refractivity contribution in [1.82, 2.24) is 4.72 Å². The van der Waals surface area contributed by atoms with Crippen molar-refractivity contribution in [1.29, 1.82) is 0 Å². The number of thiophene rings is 2. The van der Waals surface area contributed by atoms with Crippen LogP contribution in [-0.4, -0.2) is 8.42 Å². The second kappa shape index (κ2) is 6.82. The lowest BCUT2D eigenvalue weighted by Gasteiger charge is -2.16. The van der Waals surface area contributed by atoms with Gasteiger partial charge >= 0.3 is 0 Å². The van der Waals surface area contributed by atoms with Crippen molar-refractivity contribution in [2.24, 2.45) is 5.73 Å². The first-order valence-corrected chi connectivity index (χ1v) is 9.59. The van der Waals surface area contributed by atoms with Gasteiger partial charge in [0.05, 0.1) is 6.04 Å². The van der Waals surface area contributed by atoms with Crippen LogP contribution in [0.5, 0.6) is 0 Å². The number of hydrogen-bond donors (Lipinski definition) is 2. The molecule has 0 amide bonds. The summed E-state index contributed by atoms with van der Waals surface area (Å²) in [5.74, 6) is 0. The highest BCUT2D eigenvalue weighted by Gasteiger charge is 2.22. The fraction of sp³-hybridized carbons (Fsp3) is 0.385. The maximum atomic E-state index is 12.4. The monoisotopic (exact) mass is 330 g/mol. The first-order valence-electron chi connectivity index (χ1n) is 6.41. The predicted molar refractivity (Wildman–Crippen MR) is 84.5 cm³/mol. The predicted octanol–water partition coefficient (Wildman–Crippen LogP) is 3.09. The number of hydrogen-bond acceptors (Lipinski definition) is 5. The van der Waals surface area contributed by atoms with Gasteiger partial charge in [0, 0.05) is 16.3 Å². The molecule has 0 aliphatic rings. The van der Waals surface area contributed by atoms with Gasteiger partial charge in [0.2, 0.25) is 0 Å². The summed E-state index contributed by atoms with van der Waals surface area (Å²) < 4.78 is 27.9. The van der Waals surface area contributed by atoms with Crippen molar-refractivity contribution in [2.45, 2.75) is 36.6 Å². The topological polar surface area (TPSA) is 72.2 Å². The molecule has 20 heavy (non-hydrogen) atoms. The van der Waals surface area contributed by atoms with Gasteiger partial charge in [-0.15, -0.1) is 22.7 Å². The van der Waals surface area contributed by atoms with Crippen molar-refractivity contribution in [2.75, 3.05) is 0 Å². The largest absolute Gasteiger partial charge is 0.326 e. The molecule has 0 aromatic carbocycles. The van der Waals surface area contributed by atoms with Crippen LogP contribution in [0.15, 0.2) is 33.9 Å². The van der Waals surface area contributed by atoms with Crippen molar-refractivity contribution >= 4 is 32.7 Å². The van der Waals surface area contributed by atoms with Crippen molar-refractivity contribution < 1.29 is 8.42 Å². The third-order valence-electron chi connectivity index (χ3n) is 2.86. The van der Waals surface area contributed by atoms with Gasteiger partial charge in [0.15, 0.2) is 0 Å². The van der Waals surface area contributed by atoms with Gasteiger partial charge < -0.3 is 5.73 Å². The Kier molecular flexibility index (Phi) is 5.34. The summed E-state index contributed by atoms with van der Waals surface area (Å²) >= 11 is 2.80. The van der Waals surface area contributed by atoms with Crippen LogP contribution in [0.4, 0.5) is 0 Å². The van der Waals surface area contributed by atoms with Gasteiger partial charge in [0.1, 0.15) is 4.21 Å². The van der Waals surface area contributed by atoms with Crippen molar-refractivity contribution in [3.63, 3.8) is 0 Å². The lowest BCUT2D eigenvalue weighted by Crippen LogP contribution is -2.27. The normalized spacial score (nSPS) is 13.5. The molecule has 0 saturated carbocycles. The molecule has 7 heteroatoms. The molecule has 0 aliphatic heterocycles. The van der Waals surface area contributed by atoms with Crippen LogP contribution < -0.4 is 10.5 Å². The van der Waals surface area contributed by atoms with Crippen LogP contribution in [0, 0.1) is 0 Å². The van der Waals surface area contributed by atoms with Crippen LogP contribution in [-0.2, 0) is 16.6 Å². The molecule has 0 saturated heterocycles. The minimum absolute atomic E-state index is 0.159. The van der Waals surface area contributed by atoms with Crippen LogP contribution in [0.2, 0.25) is 0 Å². The zero-order valence-corrected chi connectivity index (χ0v) is 13.7. The molecular formula is C13H18N2O2S3. The van der Waals surface area contributed by atoms with Gasteiger partial charge in [0.25, 0.3) is 10.0 Å². The Hall–Kier alpha value is -0.730. The smallest absolute Gasteiger partial charge is 0.250 e. The average Bonchev–Trinajstić information content (AvgIpc) is 3.09. The summed E-state index contributed by atoms with van der Waals surface area (Å²) in [5.41, 5.74) is 5.53. The lowest BCUT2D eigenvalue weighted by atomic mass is 10.1. The fourth-order valence-corrected chi connectivity index (χ4v) is 5.28. The minimum atomic E-state index is -3.48. The molecule has 1 atom stereocenters. The third-order valence-corrected chi connectivity index (χ3v) is 6.92. The molecule has 2 aromatic rings. The zero-order chi connectivity index (χ0) is 14.6. The molecule has 0 fully saturated rings. The highest BCUT2D eigenvalue weighted by Crippen LogP contribution is 2.27. The highest BCUT2D eigenvalue weighted by atomic mass is 32.2. The first kappa shape index (κ1) is 15.7. The lowest BCUT2D eigenvalue weighted by molar-refractivity contribution is 0.542. The SMILES string of the molecule is CCCC(NS(=O)(=O)c1ccc(CN)s1)c1cccs1. The molecule has 0 radical (unpaired) electrons. The van der Waals surface area contributed by atoms with E-state index in [0.717, 1.165) is 22.6 Å². The molecule has 2 aromatic heterocycles. The highest BCUT2D eigenvalue weighted by molar-refractivity contribution is 7.91. The number of rotatable bonds is 7. The number of nitrogens with one attached hydrogen (secondary N) is 1. The number of sulfonamides is 1. The molecule has 0 bridgehead atoms. The maximum absolute atomic E-state index is 12.4. The van der Waals surface area contributed by atoms with Crippen LogP contribution >= 0.6 is 22.7 Å². The van der Waals surface area contributed by atoms with E-state index in [1.54, 1.807) is 23.5 Å². The third kappa shape index (κ3) is 3.67. The summed E-state index contributed by atoms with van der Waals surface area (Å²) in [6.07, 6.45) is 1.71. The molecule has 3 N–H and O–H groups in total. The second-order valence-electron chi connectivity index (χ2n) is 4.40. The van der Waals surface area contributed by atoms with E-state index in [0.29, 0.717) is 10.8 Å². The van der Waals surface area contributed by atoms with E-state index in [4.69, 9.17) is 5.73 Å². The first-order chi connectivity index (χ1) is 9.56. The molecule has 0 aliphatic carbocycles. The average molecular weight is 330 g/mol. The van der Waals surface area contributed by atoms with Crippen LogP contribution in [0.3, 0.4) is 0 Å². The summed E-state index contributed by atoms with van der Waals surface area (Å²) in [5, 5.41) is 1.96. The zero-order valence-electron chi connectivity index (χ0n) is 11.2. The molecule has 1 unspecified atom stereocenters. The summed E-state index contributed by atoms with van der Waals surface area (Å²) in [6.45, 7) is 2.41. The van der Waals surface area contributed by atoms with Gasteiger partial charge in [-0.05, 0) is 30.0 Å². The van der Waals surface area contributed by atoms with Crippen LogP contribution in [0.1, 0.15) is 35.6 Å². The van der Waals surface area contributed by atoms with E-state index < -0.39 is 10.0 Å². The van der Waals surface area contributed by atoms with Gasteiger partial charge in [-0.2, -0.15) is 0 Å². The van der Waals surface area contributed by atoms with Crippen molar-refractivity contribution in [3.8, 4) is 0 Å². The Morgan fingerprint density at radius 1 is 1.35 bits per heavy atom. The van der Waals surface area contributed by atoms with E-state index in [-0.39, 0.29) is 6.04 Å². The Bertz CT molecular complexity index is 632. The molecular weight excluding hydrogens is 312 g/mol. The van der Waals surface area contributed by atoms with Gasteiger partial charge in [-0.1, -0.05) is 19.4 Å². The van der Waals surface area contributed by atoms with Gasteiger partial charge in [-0.3, -0.25) is 0 Å². The Morgan fingerprint density at radius 3 is 2.70 bits per heavy atom. The molecule has 0 spiro atoms. The van der Waals surface area contributed by atoms with E-state index >= 15 is 0 Å². The van der Waals surface area contributed by atoms with E-state index in [1.165, 1.54) is 11.3 Å². The fourth-order valence-electron chi connectivity index (χ4n) is 1.90. The van der Waals surface area contributed by atoms with E-state index in [1.807, 2.05) is 24.4 Å². The molecule has 110 valence electrons. The quantitative estimate of drug-likeness (QED) is 0.819. The molecule has 2 rings (SSSR count). The van der Waals surface area contributed by atoms with E-state index in [9.17, 15) is 8.42 Å². The summed E-state index contributed by atoms with van der Waals surface area (Å²) in [6, 6.07) is 7.13.